The number of nitrogens with zero attached hydrogens (tertiary/aromatic N) is 3. The second-order valence-corrected chi connectivity index (χ2v) is 9.46. The van der Waals surface area contributed by atoms with Crippen LogP contribution in [0.15, 0.2) is 72.9 Å². The third kappa shape index (κ3) is 4.02. The minimum absolute atomic E-state index is 0.142. The predicted molar refractivity (Wildman–Crippen MR) is 144 cm³/mol. The van der Waals surface area contributed by atoms with Gasteiger partial charge in [0.05, 0.1) is 23.5 Å². The lowest BCUT2D eigenvalue weighted by Gasteiger charge is -2.28. The summed E-state index contributed by atoms with van der Waals surface area (Å²) in [5, 5.41) is 4.11. The Bertz CT molecular complexity index is 1380. The minimum Gasteiger partial charge on any atom is -0.351 e. The highest BCUT2D eigenvalue weighted by molar-refractivity contribution is 7.80. The van der Waals surface area contributed by atoms with E-state index in [2.05, 4.69) is 71.7 Å². The van der Waals surface area contributed by atoms with Crippen molar-refractivity contribution in [3.63, 3.8) is 0 Å². The van der Waals surface area contributed by atoms with Gasteiger partial charge in [0.1, 0.15) is 5.82 Å². The van der Waals surface area contributed by atoms with Crippen molar-refractivity contribution in [1.82, 2.24) is 14.9 Å². The normalized spacial score (nSPS) is 17.6. The molecule has 1 saturated heterocycles. The third-order valence-corrected chi connectivity index (χ3v) is 7.23. The van der Waals surface area contributed by atoms with Gasteiger partial charge in [0.25, 0.3) is 0 Å². The Hall–Kier alpha value is -3.51. The largest absolute Gasteiger partial charge is 0.351 e. The van der Waals surface area contributed by atoms with Crippen LogP contribution >= 0.6 is 12.2 Å². The molecule has 0 spiro atoms. The molecule has 4 nitrogen and oxygen atoms in total. The quantitative estimate of drug-likeness (QED) is 0.321. The first kappa shape index (κ1) is 23.2. The van der Waals surface area contributed by atoms with Crippen molar-refractivity contribution < 1.29 is 4.39 Å². The minimum atomic E-state index is -0.269. The van der Waals surface area contributed by atoms with Gasteiger partial charge >= 0.3 is 0 Å². The van der Waals surface area contributed by atoms with E-state index in [-0.39, 0.29) is 17.9 Å². The van der Waals surface area contributed by atoms with Crippen molar-refractivity contribution >= 4 is 23.0 Å². The molecule has 1 aliphatic rings. The number of halogens is 1. The Morgan fingerprint density at radius 1 is 1.00 bits per heavy atom. The molecule has 6 heteroatoms. The fourth-order valence-corrected chi connectivity index (χ4v) is 5.65. The van der Waals surface area contributed by atoms with Crippen LogP contribution in [0.2, 0.25) is 0 Å². The maximum atomic E-state index is 13.8. The van der Waals surface area contributed by atoms with Gasteiger partial charge in [-0.15, -0.1) is 0 Å². The number of rotatable bonds is 5. The first-order chi connectivity index (χ1) is 16.9. The van der Waals surface area contributed by atoms with E-state index in [4.69, 9.17) is 12.2 Å². The Labute approximate surface area is 211 Å². The molecule has 4 aromatic rings. The molecular formula is C29H29FN4S. The number of hydrogen-bond acceptors (Lipinski definition) is 2. The fraction of sp³-hybridized carbons (Fsp3) is 0.241. The number of anilines is 1. The number of hydrogen-bond donors (Lipinski definition) is 1. The number of aromatic nitrogens is 2. The molecular weight excluding hydrogens is 455 g/mol. The van der Waals surface area contributed by atoms with E-state index in [1.807, 2.05) is 24.4 Å². The number of pyridine rings is 1. The molecule has 1 aliphatic heterocycles. The second-order valence-electron chi connectivity index (χ2n) is 9.07. The zero-order chi connectivity index (χ0) is 24.7. The molecule has 0 aliphatic carbocycles. The van der Waals surface area contributed by atoms with Crippen LogP contribution in [-0.2, 0) is 6.42 Å². The Balaban J connectivity index is 1.71. The highest BCUT2D eigenvalue weighted by Crippen LogP contribution is 2.44. The van der Waals surface area contributed by atoms with E-state index in [9.17, 15) is 4.39 Å². The summed E-state index contributed by atoms with van der Waals surface area (Å²) in [6, 6.07) is 20.9. The van der Waals surface area contributed by atoms with Crippen LogP contribution in [-0.4, -0.2) is 14.7 Å². The highest BCUT2D eigenvalue weighted by Gasteiger charge is 2.42. The van der Waals surface area contributed by atoms with Gasteiger partial charge in [-0.2, -0.15) is 0 Å². The number of para-hydroxylation sites is 1. The first-order valence-electron chi connectivity index (χ1n) is 11.9. The summed E-state index contributed by atoms with van der Waals surface area (Å²) in [5.74, 6) is -0.269. The molecule has 0 amide bonds. The zero-order valence-electron chi connectivity index (χ0n) is 20.4. The number of benzene rings is 2. The van der Waals surface area contributed by atoms with E-state index < -0.39 is 0 Å². The summed E-state index contributed by atoms with van der Waals surface area (Å²) in [6.07, 6.45) is 2.76. The number of nitrogens with one attached hydrogen (secondary N) is 1. The Morgan fingerprint density at radius 2 is 1.77 bits per heavy atom. The van der Waals surface area contributed by atoms with Crippen LogP contribution in [0.4, 0.5) is 10.1 Å². The molecule has 2 atom stereocenters. The van der Waals surface area contributed by atoms with Gasteiger partial charge in [-0.25, -0.2) is 4.39 Å². The lowest BCUT2D eigenvalue weighted by Crippen LogP contribution is -2.29. The Morgan fingerprint density at radius 3 is 2.46 bits per heavy atom. The molecule has 0 unspecified atom stereocenters. The molecule has 3 heterocycles. The van der Waals surface area contributed by atoms with Crippen molar-refractivity contribution in [3.8, 4) is 5.69 Å². The zero-order valence-corrected chi connectivity index (χ0v) is 21.2. The van der Waals surface area contributed by atoms with Gasteiger partial charge in [0, 0.05) is 23.3 Å². The molecule has 2 aromatic carbocycles. The van der Waals surface area contributed by atoms with Crippen molar-refractivity contribution in [2.75, 3.05) is 4.90 Å². The number of aryl methyl sites for hydroxylation is 3. The van der Waals surface area contributed by atoms with Crippen molar-refractivity contribution in [2.24, 2.45) is 0 Å². The summed E-state index contributed by atoms with van der Waals surface area (Å²) in [7, 11) is 0. The molecule has 1 N–H and O–H groups in total. The maximum Gasteiger partial charge on any atom is 0.174 e. The number of thiocarbonyl (C=S) groups is 1. The second kappa shape index (κ2) is 9.27. The standard InChI is InChI=1S/C29H29FN4S/c1-5-21-10-8-9-18(2)27(21)33-19(3)17-24(20(33)4)28-26(25-11-6-7-16-31-25)32-29(35)34(28)23-14-12-22(30)13-15-23/h6-17,26,28H,5H2,1-4H3,(H,32,35)/t26-,28+/m1/s1. The summed E-state index contributed by atoms with van der Waals surface area (Å²) < 4.78 is 16.1. The molecule has 0 radical (unpaired) electrons. The van der Waals surface area contributed by atoms with E-state index in [1.54, 1.807) is 12.1 Å². The average molecular weight is 485 g/mol. The lowest BCUT2D eigenvalue weighted by atomic mass is 9.96. The summed E-state index contributed by atoms with van der Waals surface area (Å²) in [4.78, 5) is 6.75. The van der Waals surface area contributed by atoms with E-state index in [0.29, 0.717) is 5.11 Å². The van der Waals surface area contributed by atoms with Crippen molar-refractivity contribution in [2.45, 2.75) is 46.2 Å². The van der Waals surface area contributed by atoms with Crippen LogP contribution in [0.25, 0.3) is 5.69 Å². The van der Waals surface area contributed by atoms with E-state index in [1.165, 1.54) is 34.5 Å². The monoisotopic (exact) mass is 484 g/mol. The molecule has 5 rings (SSSR count). The molecule has 0 saturated carbocycles. The molecule has 1 fully saturated rings. The maximum absolute atomic E-state index is 13.8. The van der Waals surface area contributed by atoms with Gasteiger partial charge in [-0.3, -0.25) is 4.98 Å². The third-order valence-electron chi connectivity index (χ3n) is 6.92. The van der Waals surface area contributed by atoms with Gasteiger partial charge in [-0.1, -0.05) is 31.2 Å². The van der Waals surface area contributed by atoms with Crippen LogP contribution in [0.3, 0.4) is 0 Å². The van der Waals surface area contributed by atoms with Gasteiger partial charge in [0.15, 0.2) is 5.11 Å². The molecule has 35 heavy (non-hydrogen) atoms. The van der Waals surface area contributed by atoms with E-state index >= 15 is 0 Å². The van der Waals surface area contributed by atoms with Crippen molar-refractivity contribution in [1.29, 1.82) is 0 Å². The van der Waals surface area contributed by atoms with Crippen molar-refractivity contribution in [3.05, 3.63) is 113 Å². The SMILES string of the molecule is CCc1cccc(C)c1-n1c(C)cc([C@H]2[C@@H](c3ccccn3)NC(=S)N2c2ccc(F)cc2)c1C. The van der Waals surface area contributed by atoms with Gasteiger partial charge in [0.2, 0.25) is 0 Å². The van der Waals surface area contributed by atoms with Crippen LogP contribution < -0.4 is 10.2 Å². The molecule has 178 valence electrons. The molecule has 0 bridgehead atoms. The predicted octanol–water partition coefficient (Wildman–Crippen LogP) is 6.68. The van der Waals surface area contributed by atoms with Crippen LogP contribution in [0.1, 0.15) is 52.8 Å². The Kier molecular flexibility index (Phi) is 6.15. The first-order valence-corrected chi connectivity index (χ1v) is 12.4. The van der Waals surface area contributed by atoms with Gasteiger partial charge in [-0.05, 0) is 98.6 Å². The summed E-state index contributed by atoms with van der Waals surface area (Å²) in [5.41, 5.74) is 9.06. The van der Waals surface area contributed by atoms with Crippen LogP contribution in [0.5, 0.6) is 0 Å². The smallest absolute Gasteiger partial charge is 0.174 e. The topological polar surface area (TPSA) is 33.1 Å². The summed E-state index contributed by atoms with van der Waals surface area (Å²) >= 11 is 5.83. The van der Waals surface area contributed by atoms with Gasteiger partial charge < -0.3 is 14.8 Å². The van der Waals surface area contributed by atoms with Crippen LogP contribution in [0, 0.1) is 26.6 Å². The lowest BCUT2D eigenvalue weighted by molar-refractivity contribution is 0.565. The summed E-state index contributed by atoms with van der Waals surface area (Å²) in [6.45, 7) is 8.69. The van der Waals surface area contributed by atoms with E-state index in [0.717, 1.165) is 29.2 Å². The molecule has 2 aromatic heterocycles. The average Bonchev–Trinajstić information content (AvgIpc) is 3.35. The fourth-order valence-electron chi connectivity index (χ4n) is 5.31. The highest BCUT2D eigenvalue weighted by atomic mass is 32.1.